The molecule has 3 heterocycles. The van der Waals surface area contributed by atoms with Crippen LogP contribution in [0.15, 0.2) is 46.0 Å². The molecule has 13 heteroatoms. The minimum atomic E-state index is -4.54. The van der Waals surface area contributed by atoms with Crippen molar-refractivity contribution in [1.29, 1.82) is 0 Å². The topological polar surface area (TPSA) is 103 Å². The quantitative estimate of drug-likeness (QED) is 0.685. The van der Waals surface area contributed by atoms with Gasteiger partial charge in [-0.25, -0.2) is 17.9 Å². The zero-order chi connectivity index (χ0) is 22.2. The van der Waals surface area contributed by atoms with Gasteiger partial charge in [-0.1, -0.05) is 12.1 Å². The zero-order valence-corrected chi connectivity index (χ0v) is 17.3. The molecule has 1 aromatic carbocycles. The number of anilines is 1. The van der Waals surface area contributed by atoms with Gasteiger partial charge in [0.25, 0.3) is 0 Å². The van der Waals surface area contributed by atoms with Crippen LogP contribution < -0.4 is 10.0 Å². The first-order valence-electron chi connectivity index (χ1n) is 9.07. The molecule has 2 fully saturated rings. The molecule has 0 unspecified atom stereocenters. The van der Waals surface area contributed by atoms with Gasteiger partial charge in [0.15, 0.2) is 6.10 Å². The van der Waals surface area contributed by atoms with Gasteiger partial charge in [-0.2, -0.15) is 13.2 Å². The summed E-state index contributed by atoms with van der Waals surface area (Å²) in [4.78, 5) is 12.1. The molecule has 1 amide bonds. The second-order valence-corrected chi connectivity index (χ2v) is 9.79. The summed E-state index contributed by atoms with van der Waals surface area (Å²) >= 11 is 1.07. The lowest BCUT2D eigenvalue weighted by Crippen LogP contribution is -2.44. The molecule has 0 spiro atoms. The summed E-state index contributed by atoms with van der Waals surface area (Å²) in [6.45, 7) is -0.0163. The van der Waals surface area contributed by atoms with Crippen LogP contribution in [0.4, 0.5) is 23.7 Å². The van der Waals surface area contributed by atoms with Crippen LogP contribution in [0.5, 0.6) is 0 Å². The lowest BCUT2D eigenvalue weighted by atomic mass is 10.1. The molecule has 4 atom stereocenters. The average Bonchev–Trinajstić information content (AvgIpc) is 3.42. The smallest absolute Gasteiger partial charge is 0.416 e. The lowest BCUT2D eigenvalue weighted by Gasteiger charge is -2.18. The monoisotopic (exact) mass is 478 g/mol. The second-order valence-electron chi connectivity index (χ2n) is 6.90. The van der Waals surface area contributed by atoms with Crippen molar-refractivity contribution in [3.05, 3.63) is 47.3 Å². The minimum absolute atomic E-state index is 0.0229. The van der Waals surface area contributed by atoms with E-state index in [1.54, 1.807) is 11.4 Å². The Kier molecular flexibility index (Phi) is 5.96. The SMILES string of the molecule is O=C(Nc1cccc(C(F)(F)F)c1)O[C@H]1CO[C@@H]2[C@@H]1OC[C@@H]2NS(=O)(=O)c1cccs1. The molecule has 2 aromatic rings. The van der Waals surface area contributed by atoms with Crippen molar-refractivity contribution in [2.75, 3.05) is 18.5 Å². The number of benzene rings is 1. The summed E-state index contributed by atoms with van der Waals surface area (Å²) in [6, 6.07) is 6.55. The van der Waals surface area contributed by atoms with Gasteiger partial charge in [0.1, 0.15) is 16.4 Å². The molecule has 2 saturated heterocycles. The van der Waals surface area contributed by atoms with Crippen molar-refractivity contribution in [1.82, 2.24) is 4.72 Å². The molecule has 2 aliphatic rings. The van der Waals surface area contributed by atoms with E-state index in [0.29, 0.717) is 0 Å². The zero-order valence-electron chi connectivity index (χ0n) is 15.7. The average molecular weight is 478 g/mol. The van der Waals surface area contributed by atoms with Gasteiger partial charge in [0.05, 0.1) is 24.8 Å². The molecule has 2 aliphatic heterocycles. The van der Waals surface area contributed by atoms with E-state index in [1.165, 1.54) is 12.1 Å². The van der Waals surface area contributed by atoms with E-state index in [2.05, 4.69) is 10.0 Å². The van der Waals surface area contributed by atoms with E-state index in [-0.39, 0.29) is 23.1 Å². The molecule has 4 rings (SSSR count). The Morgan fingerprint density at radius 2 is 1.90 bits per heavy atom. The summed E-state index contributed by atoms with van der Waals surface area (Å²) in [7, 11) is -3.74. The van der Waals surface area contributed by atoms with E-state index < -0.39 is 52.2 Å². The van der Waals surface area contributed by atoms with Crippen LogP contribution in [0.25, 0.3) is 0 Å². The van der Waals surface area contributed by atoms with Crippen molar-refractivity contribution in [3.63, 3.8) is 0 Å². The van der Waals surface area contributed by atoms with E-state index in [9.17, 15) is 26.4 Å². The molecule has 0 aliphatic carbocycles. The van der Waals surface area contributed by atoms with Gasteiger partial charge in [0.2, 0.25) is 10.0 Å². The van der Waals surface area contributed by atoms with Gasteiger partial charge in [0, 0.05) is 5.69 Å². The molecule has 168 valence electrons. The van der Waals surface area contributed by atoms with Crippen molar-refractivity contribution < 1.29 is 40.6 Å². The highest BCUT2D eigenvalue weighted by Crippen LogP contribution is 2.32. The maximum atomic E-state index is 12.8. The Bertz CT molecular complexity index is 1040. The largest absolute Gasteiger partial charge is 0.441 e. The number of thiophene rings is 1. The van der Waals surface area contributed by atoms with Gasteiger partial charge in [-0.15, -0.1) is 11.3 Å². The van der Waals surface area contributed by atoms with Gasteiger partial charge in [-0.3, -0.25) is 5.32 Å². The molecule has 0 bridgehead atoms. The Labute approximate surface area is 179 Å². The highest BCUT2D eigenvalue weighted by atomic mass is 32.2. The van der Waals surface area contributed by atoms with E-state index in [0.717, 1.165) is 29.5 Å². The van der Waals surface area contributed by atoms with Crippen LogP contribution in [-0.4, -0.2) is 52.1 Å². The van der Waals surface area contributed by atoms with Crippen LogP contribution in [0.2, 0.25) is 0 Å². The summed E-state index contributed by atoms with van der Waals surface area (Å²) in [5.41, 5.74) is -0.987. The second kappa shape index (κ2) is 8.39. The summed E-state index contributed by atoms with van der Waals surface area (Å²) in [5, 5.41) is 3.89. The van der Waals surface area contributed by atoms with Crippen LogP contribution in [0.1, 0.15) is 5.56 Å². The fraction of sp³-hybridized carbons (Fsp3) is 0.389. The summed E-state index contributed by atoms with van der Waals surface area (Å²) in [6.07, 6.45) is -7.73. The number of carbonyl (C=O) groups excluding carboxylic acids is 1. The Morgan fingerprint density at radius 3 is 2.61 bits per heavy atom. The number of hydrogen-bond acceptors (Lipinski definition) is 7. The number of halogens is 3. The summed E-state index contributed by atoms with van der Waals surface area (Å²) < 4.78 is 82.3. The number of amides is 1. The number of carbonyl (C=O) groups is 1. The van der Waals surface area contributed by atoms with Crippen molar-refractivity contribution in [2.24, 2.45) is 0 Å². The molecule has 8 nitrogen and oxygen atoms in total. The van der Waals surface area contributed by atoms with Gasteiger partial charge >= 0.3 is 12.3 Å². The van der Waals surface area contributed by atoms with Crippen LogP contribution in [-0.2, 0) is 30.4 Å². The van der Waals surface area contributed by atoms with Crippen LogP contribution in [0.3, 0.4) is 0 Å². The number of fused-ring (bicyclic) bond motifs is 1. The fourth-order valence-corrected chi connectivity index (χ4v) is 5.64. The maximum absolute atomic E-state index is 12.8. The third-order valence-corrected chi connectivity index (χ3v) is 7.66. The van der Waals surface area contributed by atoms with E-state index in [4.69, 9.17) is 14.2 Å². The minimum Gasteiger partial charge on any atom is -0.441 e. The van der Waals surface area contributed by atoms with Crippen LogP contribution in [0, 0.1) is 0 Å². The normalized spacial score (nSPS) is 25.9. The maximum Gasteiger partial charge on any atom is 0.416 e. The first kappa shape index (κ1) is 22.0. The third kappa shape index (κ3) is 4.85. The highest BCUT2D eigenvalue weighted by molar-refractivity contribution is 7.91. The number of ether oxygens (including phenoxy) is 3. The van der Waals surface area contributed by atoms with E-state index >= 15 is 0 Å². The fourth-order valence-electron chi connectivity index (χ4n) is 3.40. The van der Waals surface area contributed by atoms with Crippen molar-refractivity contribution in [3.8, 4) is 0 Å². The van der Waals surface area contributed by atoms with E-state index in [1.807, 2.05) is 0 Å². The number of nitrogens with one attached hydrogen (secondary N) is 2. The lowest BCUT2D eigenvalue weighted by molar-refractivity contribution is -0.137. The molecule has 0 saturated carbocycles. The first-order valence-corrected chi connectivity index (χ1v) is 11.4. The van der Waals surface area contributed by atoms with Crippen LogP contribution >= 0.6 is 11.3 Å². The highest BCUT2D eigenvalue weighted by Gasteiger charge is 2.50. The molecule has 31 heavy (non-hydrogen) atoms. The predicted octanol–water partition coefficient (Wildman–Crippen LogP) is 2.83. The Balaban J connectivity index is 1.35. The van der Waals surface area contributed by atoms with Gasteiger partial charge in [-0.05, 0) is 29.6 Å². The number of rotatable bonds is 5. The number of alkyl halides is 3. The number of sulfonamides is 1. The van der Waals surface area contributed by atoms with Crippen molar-refractivity contribution >= 4 is 33.1 Å². The van der Waals surface area contributed by atoms with Crippen molar-refractivity contribution in [2.45, 2.75) is 34.7 Å². The molecule has 2 N–H and O–H groups in total. The number of hydrogen-bond donors (Lipinski definition) is 2. The molecular weight excluding hydrogens is 461 g/mol. The predicted molar refractivity (Wildman–Crippen MR) is 103 cm³/mol. The molecule has 0 radical (unpaired) electrons. The summed E-state index contributed by atoms with van der Waals surface area (Å²) in [5.74, 6) is 0. The van der Waals surface area contributed by atoms with Gasteiger partial charge < -0.3 is 14.2 Å². The first-order chi connectivity index (χ1) is 14.6. The third-order valence-electron chi connectivity index (χ3n) is 4.77. The molecule has 1 aromatic heterocycles. The Hall–Kier alpha value is -2.19. The Morgan fingerprint density at radius 1 is 1.13 bits per heavy atom. The molecular formula is C18H17F3N2O6S2. The standard InChI is InChI=1S/C18H17F3N2O6S2/c19-18(20,21)10-3-1-4-11(7-10)22-17(24)29-13-9-28-15-12(8-27-16(13)15)23-31(25,26)14-5-2-6-30-14/h1-7,12-13,15-16,23H,8-9H2,(H,22,24)/t12-,13-,15-,16+/m0/s1.